The lowest BCUT2D eigenvalue weighted by molar-refractivity contribution is 0.0600. The van der Waals surface area contributed by atoms with Crippen LogP contribution in [0.3, 0.4) is 0 Å². The molecule has 1 aliphatic carbocycles. The standard InChI is InChI=1S/C20H23N3O3/c1-26-20(25)14-6-5-9-17(10-14)23-19(24)15-11-18(13-21-12-15)22-16-7-3-2-4-8-16/h5-6,9-13,16,22H,2-4,7-8H2,1H3,(H,23,24). The Balaban J connectivity index is 1.68. The van der Waals surface area contributed by atoms with E-state index in [4.69, 9.17) is 4.74 Å². The first-order valence-electron chi connectivity index (χ1n) is 8.87. The van der Waals surface area contributed by atoms with E-state index in [9.17, 15) is 9.59 Å². The lowest BCUT2D eigenvalue weighted by atomic mass is 9.95. The Morgan fingerprint density at radius 3 is 2.58 bits per heavy atom. The van der Waals surface area contributed by atoms with Crippen LogP contribution in [0.2, 0.25) is 0 Å². The highest BCUT2D eigenvalue weighted by atomic mass is 16.5. The van der Waals surface area contributed by atoms with Crippen molar-refractivity contribution in [3.63, 3.8) is 0 Å². The van der Waals surface area contributed by atoms with Crippen molar-refractivity contribution in [1.29, 1.82) is 0 Å². The number of rotatable bonds is 5. The van der Waals surface area contributed by atoms with E-state index in [2.05, 4.69) is 15.6 Å². The second-order valence-corrected chi connectivity index (χ2v) is 6.47. The van der Waals surface area contributed by atoms with Crippen LogP contribution >= 0.6 is 0 Å². The number of hydrogen-bond donors (Lipinski definition) is 2. The number of aromatic nitrogens is 1. The van der Waals surface area contributed by atoms with Crippen LogP contribution in [-0.4, -0.2) is 30.0 Å². The van der Waals surface area contributed by atoms with Gasteiger partial charge in [-0.25, -0.2) is 4.79 Å². The molecular weight excluding hydrogens is 330 g/mol. The molecule has 6 heteroatoms. The highest BCUT2D eigenvalue weighted by Crippen LogP contribution is 2.22. The van der Waals surface area contributed by atoms with Gasteiger partial charge in [-0.15, -0.1) is 0 Å². The number of ether oxygens (including phenoxy) is 1. The average Bonchev–Trinajstić information content (AvgIpc) is 2.68. The van der Waals surface area contributed by atoms with E-state index in [1.54, 1.807) is 36.5 Å². The summed E-state index contributed by atoms with van der Waals surface area (Å²) in [4.78, 5) is 28.3. The average molecular weight is 353 g/mol. The smallest absolute Gasteiger partial charge is 0.337 e. The number of benzene rings is 1. The van der Waals surface area contributed by atoms with Crippen LogP contribution in [0.25, 0.3) is 0 Å². The number of hydrogen-bond acceptors (Lipinski definition) is 5. The first kappa shape index (κ1) is 17.9. The fourth-order valence-electron chi connectivity index (χ4n) is 3.17. The van der Waals surface area contributed by atoms with Gasteiger partial charge in [0.05, 0.1) is 23.9 Å². The molecule has 1 aromatic carbocycles. The number of nitrogens with zero attached hydrogens (tertiary/aromatic N) is 1. The van der Waals surface area contributed by atoms with Gasteiger partial charge in [0.1, 0.15) is 0 Å². The van der Waals surface area contributed by atoms with Gasteiger partial charge in [0.25, 0.3) is 5.91 Å². The van der Waals surface area contributed by atoms with E-state index in [-0.39, 0.29) is 5.91 Å². The maximum atomic E-state index is 12.5. The summed E-state index contributed by atoms with van der Waals surface area (Å²) in [6.07, 6.45) is 9.34. The first-order chi connectivity index (χ1) is 12.7. The normalized spacial score (nSPS) is 14.5. The predicted molar refractivity (Wildman–Crippen MR) is 100 cm³/mol. The third kappa shape index (κ3) is 4.59. The van der Waals surface area contributed by atoms with E-state index in [0.29, 0.717) is 22.9 Å². The third-order valence-corrected chi connectivity index (χ3v) is 4.52. The minimum atomic E-state index is -0.443. The van der Waals surface area contributed by atoms with Crippen LogP contribution in [-0.2, 0) is 4.74 Å². The fourth-order valence-corrected chi connectivity index (χ4v) is 3.17. The monoisotopic (exact) mass is 353 g/mol. The molecule has 0 unspecified atom stereocenters. The van der Waals surface area contributed by atoms with E-state index >= 15 is 0 Å². The molecule has 0 atom stereocenters. The van der Waals surface area contributed by atoms with Crippen LogP contribution in [0.1, 0.15) is 52.8 Å². The zero-order valence-electron chi connectivity index (χ0n) is 14.8. The van der Waals surface area contributed by atoms with Crippen LogP contribution in [0.4, 0.5) is 11.4 Å². The molecule has 3 rings (SSSR count). The summed E-state index contributed by atoms with van der Waals surface area (Å²) in [5, 5.41) is 6.26. The van der Waals surface area contributed by atoms with Crippen molar-refractivity contribution in [2.75, 3.05) is 17.7 Å². The molecule has 136 valence electrons. The van der Waals surface area contributed by atoms with Gasteiger partial charge in [-0.2, -0.15) is 0 Å². The van der Waals surface area contributed by atoms with E-state index in [1.165, 1.54) is 32.6 Å². The van der Waals surface area contributed by atoms with Crippen molar-refractivity contribution >= 4 is 23.3 Å². The molecule has 1 saturated carbocycles. The molecule has 1 amide bonds. The Morgan fingerprint density at radius 1 is 1.04 bits per heavy atom. The number of amides is 1. The summed E-state index contributed by atoms with van der Waals surface area (Å²) >= 11 is 0. The number of anilines is 2. The number of nitrogens with one attached hydrogen (secondary N) is 2. The molecule has 0 bridgehead atoms. The highest BCUT2D eigenvalue weighted by Gasteiger charge is 2.14. The van der Waals surface area contributed by atoms with Gasteiger partial charge in [0.2, 0.25) is 0 Å². The van der Waals surface area contributed by atoms with Crippen LogP contribution in [0, 0.1) is 0 Å². The van der Waals surface area contributed by atoms with Gasteiger partial charge in [-0.05, 0) is 37.1 Å². The molecule has 2 N–H and O–H groups in total. The summed E-state index contributed by atoms with van der Waals surface area (Å²) in [5.74, 6) is -0.715. The molecule has 0 radical (unpaired) electrons. The van der Waals surface area contributed by atoms with Crippen molar-refractivity contribution in [3.05, 3.63) is 53.9 Å². The second kappa shape index (κ2) is 8.47. The van der Waals surface area contributed by atoms with Gasteiger partial charge in [0.15, 0.2) is 0 Å². The predicted octanol–water partition coefficient (Wildman–Crippen LogP) is 3.87. The molecule has 6 nitrogen and oxygen atoms in total. The van der Waals surface area contributed by atoms with Crippen molar-refractivity contribution in [2.24, 2.45) is 0 Å². The highest BCUT2D eigenvalue weighted by molar-refractivity contribution is 6.05. The van der Waals surface area contributed by atoms with E-state index in [0.717, 1.165) is 18.5 Å². The minimum Gasteiger partial charge on any atom is -0.465 e. The quantitative estimate of drug-likeness (QED) is 0.798. The molecular formula is C20H23N3O3. The maximum Gasteiger partial charge on any atom is 0.337 e. The Labute approximate surface area is 153 Å². The number of methoxy groups -OCH3 is 1. The Kier molecular flexibility index (Phi) is 5.84. The molecule has 1 aliphatic rings. The molecule has 0 spiro atoms. The fraction of sp³-hybridized carbons (Fsp3) is 0.350. The molecule has 0 saturated heterocycles. The number of esters is 1. The summed E-state index contributed by atoms with van der Waals surface area (Å²) in [6.45, 7) is 0. The molecule has 0 aliphatic heterocycles. The summed E-state index contributed by atoms with van der Waals surface area (Å²) in [7, 11) is 1.32. The third-order valence-electron chi connectivity index (χ3n) is 4.52. The van der Waals surface area contributed by atoms with Gasteiger partial charge in [0, 0.05) is 24.1 Å². The van der Waals surface area contributed by atoms with Gasteiger partial charge >= 0.3 is 5.97 Å². The Morgan fingerprint density at radius 2 is 1.81 bits per heavy atom. The van der Waals surface area contributed by atoms with Gasteiger partial charge in [-0.3, -0.25) is 9.78 Å². The molecule has 2 aromatic rings. The second-order valence-electron chi connectivity index (χ2n) is 6.47. The Bertz CT molecular complexity index is 785. The summed E-state index contributed by atoms with van der Waals surface area (Å²) in [5.41, 5.74) is 2.24. The van der Waals surface area contributed by atoms with E-state index < -0.39 is 5.97 Å². The van der Waals surface area contributed by atoms with Crippen LogP contribution in [0.15, 0.2) is 42.7 Å². The maximum absolute atomic E-state index is 12.5. The first-order valence-corrected chi connectivity index (χ1v) is 8.87. The minimum absolute atomic E-state index is 0.271. The van der Waals surface area contributed by atoms with Crippen molar-refractivity contribution in [1.82, 2.24) is 4.98 Å². The molecule has 1 aromatic heterocycles. The van der Waals surface area contributed by atoms with Crippen molar-refractivity contribution < 1.29 is 14.3 Å². The largest absolute Gasteiger partial charge is 0.465 e. The van der Waals surface area contributed by atoms with Crippen molar-refractivity contribution in [3.8, 4) is 0 Å². The Hall–Kier alpha value is -2.89. The lowest BCUT2D eigenvalue weighted by Gasteiger charge is -2.23. The van der Waals surface area contributed by atoms with Crippen LogP contribution in [0.5, 0.6) is 0 Å². The SMILES string of the molecule is COC(=O)c1cccc(NC(=O)c2cncc(NC3CCCCC3)c2)c1. The topological polar surface area (TPSA) is 80.3 Å². The zero-order chi connectivity index (χ0) is 18.4. The molecule has 1 heterocycles. The van der Waals surface area contributed by atoms with E-state index in [1.807, 2.05) is 0 Å². The summed E-state index contributed by atoms with van der Waals surface area (Å²) in [6, 6.07) is 8.89. The lowest BCUT2D eigenvalue weighted by Crippen LogP contribution is -2.22. The van der Waals surface area contributed by atoms with Crippen molar-refractivity contribution in [2.45, 2.75) is 38.1 Å². The zero-order valence-corrected chi connectivity index (χ0v) is 14.8. The van der Waals surface area contributed by atoms with Crippen LogP contribution < -0.4 is 10.6 Å². The summed E-state index contributed by atoms with van der Waals surface area (Å²) < 4.78 is 4.70. The number of carbonyl (C=O) groups excluding carboxylic acids is 2. The molecule has 26 heavy (non-hydrogen) atoms. The number of carbonyl (C=O) groups is 2. The van der Waals surface area contributed by atoms with Gasteiger partial charge in [-0.1, -0.05) is 25.3 Å². The number of pyridine rings is 1. The molecule has 1 fully saturated rings. The van der Waals surface area contributed by atoms with Gasteiger partial charge < -0.3 is 15.4 Å².